The van der Waals surface area contributed by atoms with Gasteiger partial charge in [-0.1, -0.05) is 6.07 Å². The van der Waals surface area contributed by atoms with Gasteiger partial charge in [0.05, 0.1) is 4.90 Å². The fraction of sp³-hybridized carbons (Fsp3) is 0.400. The van der Waals surface area contributed by atoms with Crippen molar-refractivity contribution < 1.29 is 13.2 Å². The molecule has 1 aromatic carbocycles. The van der Waals surface area contributed by atoms with Gasteiger partial charge in [0.15, 0.2) is 0 Å². The summed E-state index contributed by atoms with van der Waals surface area (Å²) in [6.45, 7) is 8.37. The summed E-state index contributed by atoms with van der Waals surface area (Å²) < 4.78 is 28.0. The van der Waals surface area contributed by atoms with Crippen molar-refractivity contribution in [3.8, 4) is 0 Å². The number of rotatable bonds is 3. The van der Waals surface area contributed by atoms with Crippen molar-refractivity contribution in [2.45, 2.75) is 32.6 Å². The summed E-state index contributed by atoms with van der Waals surface area (Å²) in [6, 6.07) is 5.07. The highest BCUT2D eigenvalue weighted by Crippen LogP contribution is 2.29. The Morgan fingerprint density at radius 3 is 2.11 bits per heavy atom. The first kappa shape index (κ1) is 20.3. The Hall–Kier alpha value is -2.45. The SMILES string of the molecule is Cc1cc(C)c(C)c(S(=O)(=O)N2CCN(C(=O)c3ccc[nH]c3=O)CC2)c1C. The first-order chi connectivity index (χ1) is 13.1. The minimum atomic E-state index is -3.66. The number of sulfonamides is 1. The highest BCUT2D eigenvalue weighted by Gasteiger charge is 2.33. The number of aryl methyl sites for hydroxylation is 2. The maximum atomic E-state index is 13.3. The first-order valence-corrected chi connectivity index (χ1v) is 10.6. The third-order valence-electron chi connectivity index (χ3n) is 5.47. The van der Waals surface area contributed by atoms with Gasteiger partial charge in [-0.15, -0.1) is 0 Å². The van der Waals surface area contributed by atoms with Crippen molar-refractivity contribution in [1.82, 2.24) is 14.2 Å². The first-order valence-electron chi connectivity index (χ1n) is 9.19. The van der Waals surface area contributed by atoms with Crippen molar-refractivity contribution in [3.05, 3.63) is 62.6 Å². The van der Waals surface area contributed by atoms with Crippen LogP contribution in [0, 0.1) is 27.7 Å². The lowest BCUT2D eigenvalue weighted by Crippen LogP contribution is -2.51. The zero-order valence-electron chi connectivity index (χ0n) is 16.6. The van der Waals surface area contributed by atoms with Gasteiger partial charge in [0, 0.05) is 32.4 Å². The van der Waals surface area contributed by atoms with Gasteiger partial charge in [-0.25, -0.2) is 8.42 Å². The zero-order chi connectivity index (χ0) is 20.6. The van der Waals surface area contributed by atoms with E-state index in [2.05, 4.69) is 4.98 Å². The minimum absolute atomic E-state index is 0.0693. The molecule has 7 nitrogen and oxygen atoms in total. The Balaban J connectivity index is 1.83. The van der Waals surface area contributed by atoms with Crippen molar-refractivity contribution in [2.24, 2.45) is 0 Å². The van der Waals surface area contributed by atoms with E-state index in [1.165, 1.54) is 21.5 Å². The minimum Gasteiger partial charge on any atom is -0.336 e. The quantitative estimate of drug-likeness (QED) is 0.845. The predicted molar refractivity (Wildman–Crippen MR) is 107 cm³/mol. The summed E-state index contributed by atoms with van der Waals surface area (Å²) in [4.78, 5) is 28.8. The number of hydrogen-bond donors (Lipinski definition) is 1. The Bertz CT molecular complexity index is 1050. The molecule has 8 heteroatoms. The molecular formula is C20H25N3O4S. The number of aromatic nitrogens is 1. The number of carbonyl (C=O) groups excluding carboxylic acids is 1. The summed E-state index contributed by atoms with van der Waals surface area (Å²) in [5, 5.41) is 0. The van der Waals surface area contributed by atoms with Gasteiger partial charge in [-0.05, 0) is 62.1 Å². The lowest BCUT2D eigenvalue weighted by atomic mass is 10.0. The number of carbonyl (C=O) groups is 1. The molecule has 2 aromatic rings. The molecule has 0 atom stereocenters. The summed E-state index contributed by atoms with van der Waals surface area (Å²) in [5.41, 5.74) is 3.04. The lowest BCUT2D eigenvalue weighted by molar-refractivity contribution is 0.0696. The summed E-state index contributed by atoms with van der Waals surface area (Å²) in [6.07, 6.45) is 1.47. The molecule has 0 unspecified atom stereocenters. The highest BCUT2D eigenvalue weighted by atomic mass is 32.2. The number of amides is 1. The molecule has 28 heavy (non-hydrogen) atoms. The van der Waals surface area contributed by atoms with E-state index in [1.54, 1.807) is 6.07 Å². The molecule has 3 rings (SSSR count). The predicted octanol–water partition coefficient (Wildman–Crippen LogP) is 1.76. The molecule has 0 spiro atoms. The molecule has 150 valence electrons. The fourth-order valence-electron chi connectivity index (χ4n) is 3.59. The smallest absolute Gasteiger partial charge is 0.260 e. The van der Waals surface area contributed by atoms with Crippen LogP contribution >= 0.6 is 0 Å². The van der Waals surface area contributed by atoms with Crippen LogP contribution in [0.25, 0.3) is 0 Å². The molecule has 0 radical (unpaired) electrons. The number of H-pyrrole nitrogens is 1. The van der Waals surface area contributed by atoms with E-state index in [0.717, 1.165) is 22.3 Å². The van der Waals surface area contributed by atoms with Gasteiger partial charge < -0.3 is 9.88 Å². The normalized spacial score (nSPS) is 15.6. The van der Waals surface area contributed by atoms with Gasteiger partial charge in [0.2, 0.25) is 10.0 Å². The van der Waals surface area contributed by atoms with Gasteiger partial charge in [-0.3, -0.25) is 9.59 Å². The Labute approximate surface area is 165 Å². The molecule has 1 N–H and O–H groups in total. The van der Waals surface area contributed by atoms with E-state index < -0.39 is 15.6 Å². The van der Waals surface area contributed by atoms with E-state index in [1.807, 2.05) is 33.8 Å². The van der Waals surface area contributed by atoms with E-state index in [-0.39, 0.29) is 37.6 Å². The Morgan fingerprint density at radius 2 is 1.57 bits per heavy atom. The van der Waals surface area contributed by atoms with Crippen LogP contribution in [0.4, 0.5) is 0 Å². The number of nitrogens with one attached hydrogen (secondary N) is 1. The summed E-state index contributed by atoms with van der Waals surface area (Å²) in [7, 11) is -3.66. The second kappa shape index (κ2) is 7.52. The highest BCUT2D eigenvalue weighted by molar-refractivity contribution is 7.89. The number of pyridine rings is 1. The maximum absolute atomic E-state index is 13.3. The van der Waals surface area contributed by atoms with Crippen LogP contribution in [-0.2, 0) is 10.0 Å². The molecule has 0 saturated carbocycles. The molecule has 1 aromatic heterocycles. The van der Waals surface area contributed by atoms with Crippen molar-refractivity contribution in [3.63, 3.8) is 0 Å². The standard InChI is InChI=1S/C20H25N3O4S/c1-13-12-14(2)16(4)18(15(13)3)28(26,27)23-10-8-22(9-11-23)20(25)17-6-5-7-21-19(17)24/h5-7,12H,8-11H2,1-4H3,(H,21,24). The number of aromatic amines is 1. The second-order valence-electron chi connectivity index (χ2n) is 7.20. The average molecular weight is 404 g/mol. The van der Waals surface area contributed by atoms with Crippen LogP contribution < -0.4 is 5.56 Å². The number of nitrogens with zero attached hydrogens (tertiary/aromatic N) is 2. The van der Waals surface area contributed by atoms with Crippen LogP contribution in [0.15, 0.2) is 34.1 Å². The molecular weight excluding hydrogens is 378 g/mol. The van der Waals surface area contributed by atoms with E-state index in [9.17, 15) is 18.0 Å². The largest absolute Gasteiger partial charge is 0.336 e. The third kappa shape index (κ3) is 3.49. The van der Waals surface area contributed by atoms with Crippen LogP contribution in [0.5, 0.6) is 0 Å². The third-order valence-corrected chi connectivity index (χ3v) is 7.64. The molecule has 1 amide bonds. The monoisotopic (exact) mass is 403 g/mol. The average Bonchev–Trinajstić information content (AvgIpc) is 2.66. The van der Waals surface area contributed by atoms with Gasteiger partial charge >= 0.3 is 0 Å². The molecule has 0 bridgehead atoms. The Morgan fingerprint density at radius 1 is 1.00 bits per heavy atom. The topological polar surface area (TPSA) is 90.6 Å². The van der Waals surface area contributed by atoms with Gasteiger partial charge in [-0.2, -0.15) is 4.31 Å². The van der Waals surface area contributed by atoms with Crippen molar-refractivity contribution in [1.29, 1.82) is 0 Å². The van der Waals surface area contributed by atoms with Crippen LogP contribution in [0.2, 0.25) is 0 Å². The molecule has 1 aliphatic heterocycles. The second-order valence-corrected chi connectivity index (χ2v) is 9.07. The molecule has 1 saturated heterocycles. The van der Waals surface area contributed by atoms with E-state index >= 15 is 0 Å². The van der Waals surface area contributed by atoms with Crippen LogP contribution in [-0.4, -0.2) is 54.7 Å². The fourth-order valence-corrected chi connectivity index (χ4v) is 5.59. The van der Waals surface area contributed by atoms with E-state index in [0.29, 0.717) is 4.90 Å². The number of hydrogen-bond acceptors (Lipinski definition) is 4. The molecule has 2 heterocycles. The van der Waals surface area contributed by atoms with Crippen molar-refractivity contribution in [2.75, 3.05) is 26.2 Å². The molecule has 1 fully saturated rings. The zero-order valence-corrected chi connectivity index (χ0v) is 17.4. The number of piperazine rings is 1. The Kier molecular flexibility index (Phi) is 5.45. The van der Waals surface area contributed by atoms with Crippen molar-refractivity contribution >= 4 is 15.9 Å². The number of benzene rings is 1. The van der Waals surface area contributed by atoms with E-state index in [4.69, 9.17) is 0 Å². The maximum Gasteiger partial charge on any atom is 0.260 e. The van der Waals surface area contributed by atoms with Crippen LogP contribution in [0.1, 0.15) is 32.6 Å². The van der Waals surface area contributed by atoms with Gasteiger partial charge in [0.1, 0.15) is 5.56 Å². The summed E-state index contributed by atoms with van der Waals surface area (Å²) >= 11 is 0. The van der Waals surface area contributed by atoms with Crippen LogP contribution in [0.3, 0.4) is 0 Å². The molecule has 0 aliphatic carbocycles. The van der Waals surface area contributed by atoms with Gasteiger partial charge in [0.25, 0.3) is 11.5 Å². The lowest BCUT2D eigenvalue weighted by Gasteiger charge is -2.34. The molecule has 1 aliphatic rings. The summed E-state index contributed by atoms with van der Waals surface area (Å²) in [5.74, 6) is -0.377.